The fourth-order valence-corrected chi connectivity index (χ4v) is 2.59. The summed E-state index contributed by atoms with van der Waals surface area (Å²) in [6.45, 7) is 2.66. The first kappa shape index (κ1) is 14.9. The van der Waals surface area contributed by atoms with Crippen molar-refractivity contribution in [2.75, 3.05) is 14.2 Å². The summed E-state index contributed by atoms with van der Waals surface area (Å²) in [4.78, 5) is 0. The van der Waals surface area contributed by atoms with Crippen LogP contribution in [0.25, 0.3) is 0 Å². The van der Waals surface area contributed by atoms with Crippen molar-refractivity contribution in [3.8, 4) is 11.5 Å². The lowest BCUT2D eigenvalue weighted by atomic mass is 10.1. The quantitative estimate of drug-likeness (QED) is 0.909. The smallest absolute Gasteiger partial charge is 0.161 e. The maximum absolute atomic E-state index is 10.6. The van der Waals surface area contributed by atoms with E-state index in [-0.39, 0.29) is 0 Å². The number of halogens is 1. The first-order valence-corrected chi connectivity index (χ1v) is 7.02. The monoisotopic (exact) mass is 340 g/mol. The Morgan fingerprint density at radius 3 is 2.60 bits per heavy atom. The zero-order chi connectivity index (χ0) is 14.7. The summed E-state index contributed by atoms with van der Waals surface area (Å²) in [6.07, 6.45) is 0.898. The molecule has 0 bridgehead atoms. The third-order valence-electron chi connectivity index (χ3n) is 3.12. The van der Waals surface area contributed by atoms with E-state index in [9.17, 15) is 5.11 Å². The van der Waals surface area contributed by atoms with E-state index in [1.807, 2.05) is 13.0 Å². The number of nitrogens with zero attached hydrogens (tertiary/aromatic N) is 2. The van der Waals surface area contributed by atoms with Gasteiger partial charge in [0.25, 0.3) is 0 Å². The van der Waals surface area contributed by atoms with Crippen molar-refractivity contribution in [3.63, 3.8) is 0 Å². The van der Waals surface area contributed by atoms with Gasteiger partial charge in [0.1, 0.15) is 6.10 Å². The molecule has 1 heterocycles. The Bertz CT molecular complexity index is 598. The number of aliphatic hydroxyl groups is 1. The van der Waals surface area contributed by atoms with Gasteiger partial charge in [0.15, 0.2) is 11.5 Å². The first-order valence-electron chi connectivity index (χ1n) is 6.23. The molecule has 0 spiro atoms. The van der Waals surface area contributed by atoms with Crippen LogP contribution in [0.2, 0.25) is 0 Å². The molecule has 5 nitrogen and oxygen atoms in total. The first-order chi connectivity index (χ1) is 9.62. The van der Waals surface area contributed by atoms with Gasteiger partial charge < -0.3 is 14.6 Å². The maximum atomic E-state index is 10.6. The number of hydrogen-bond acceptors (Lipinski definition) is 4. The van der Waals surface area contributed by atoms with Gasteiger partial charge in [-0.1, -0.05) is 6.07 Å². The zero-order valence-electron chi connectivity index (χ0n) is 11.6. The van der Waals surface area contributed by atoms with Gasteiger partial charge in [-0.05, 0) is 40.5 Å². The van der Waals surface area contributed by atoms with Gasteiger partial charge in [0.05, 0.1) is 30.6 Å². The van der Waals surface area contributed by atoms with Gasteiger partial charge >= 0.3 is 0 Å². The van der Waals surface area contributed by atoms with Crippen LogP contribution in [-0.2, 0) is 6.54 Å². The lowest BCUT2D eigenvalue weighted by Gasteiger charge is -2.16. The average molecular weight is 341 g/mol. The number of aromatic nitrogens is 2. The van der Waals surface area contributed by atoms with E-state index in [1.165, 1.54) is 0 Å². The number of rotatable bonds is 5. The molecule has 0 fully saturated rings. The molecule has 108 valence electrons. The van der Waals surface area contributed by atoms with Crippen LogP contribution >= 0.6 is 15.9 Å². The van der Waals surface area contributed by atoms with Crippen molar-refractivity contribution in [2.45, 2.75) is 19.6 Å². The fraction of sp³-hybridized carbons (Fsp3) is 0.357. The minimum Gasteiger partial charge on any atom is -0.493 e. The molecule has 20 heavy (non-hydrogen) atoms. The van der Waals surface area contributed by atoms with Gasteiger partial charge in [-0.25, -0.2) is 0 Å². The van der Waals surface area contributed by atoms with Gasteiger partial charge in [-0.15, -0.1) is 0 Å². The van der Waals surface area contributed by atoms with E-state index in [2.05, 4.69) is 21.0 Å². The van der Waals surface area contributed by atoms with Crippen LogP contribution in [0, 0.1) is 0 Å². The predicted molar refractivity (Wildman–Crippen MR) is 79.2 cm³/mol. The predicted octanol–water partition coefficient (Wildman–Crippen LogP) is 2.76. The minimum atomic E-state index is -0.786. The SMILES string of the molecule is CCn1ncc(Br)c1C(O)c1ccc(OC)c(OC)c1. The van der Waals surface area contributed by atoms with E-state index in [4.69, 9.17) is 9.47 Å². The molecular weight excluding hydrogens is 324 g/mol. The van der Waals surface area contributed by atoms with Crippen molar-refractivity contribution in [1.82, 2.24) is 9.78 Å². The zero-order valence-corrected chi connectivity index (χ0v) is 13.2. The van der Waals surface area contributed by atoms with Crippen molar-refractivity contribution >= 4 is 15.9 Å². The fourth-order valence-electron chi connectivity index (χ4n) is 2.08. The molecule has 0 amide bonds. The van der Waals surface area contributed by atoms with Crippen LogP contribution < -0.4 is 9.47 Å². The van der Waals surface area contributed by atoms with E-state index < -0.39 is 6.10 Å². The number of methoxy groups -OCH3 is 2. The van der Waals surface area contributed by atoms with E-state index in [0.29, 0.717) is 18.0 Å². The Morgan fingerprint density at radius 1 is 1.30 bits per heavy atom. The molecular formula is C14H17BrN2O3. The molecule has 1 unspecified atom stereocenters. The summed E-state index contributed by atoms with van der Waals surface area (Å²) in [5, 5.41) is 14.8. The highest BCUT2D eigenvalue weighted by Gasteiger charge is 2.20. The molecule has 0 aliphatic heterocycles. The second-order valence-electron chi connectivity index (χ2n) is 4.21. The van der Waals surface area contributed by atoms with Gasteiger partial charge in [-0.3, -0.25) is 4.68 Å². The molecule has 6 heteroatoms. The molecule has 1 atom stereocenters. The largest absolute Gasteiger partial charge is 0.493 e. The number of aliphatic hydroxyl groups excluding tert-OH is 1. The Kier molecular flexibility index (Phi) is 4.67. The van der Waals surface area contributed by atoms with Crippen LogP contribution in [0.1, 0.15) is 24.3 Å². The summed E-state index contributed by atoms with van der Waals surface area (Å²) in [7, 11) is 3.15. The third-order valence-corrected chi connectivity index (χ3v) is 3.73. The van der Waals surface area contributed by atoms with Crippen LogP contribution in [-0.4, -0.2) is 29.1 Å². The summed E-state index contributed by atoms with van der Waals surface area (Å²) in [5.41, 5.74) is 1.44. The average Bonchev–Trinajstić information content (AvgIpc) is 2.86. The second kappa shape index (κ2) is 6.28. The van der Waals surface area contributed by atoms with E-state index in [0.717, 1.165) is 15.7 Å². The van der Waals surface area contributed by atoms with Crippen molar-refractivity contribution in [1.29, 1.82) is 0 Å². The Hall–Kier alpha value is -1.53. The molecule has 0 saturated heterocycles. The van der Waals surface area contributed by atoms with Crippen LogP contribution in [0.3, 0.4) is 0 Å². The topological polar surface area (TPSA) is 56.5 Å². The number of ether oxygens (including phenoxy) is 2. The molecule has 2 rings (SSSR count). The van der Waals surface area contributed by atoms with E-state index >= 15 is 0 Å². The molecule has 0 aliphatic rings. The Labute approximate surface area is 126 Å². The lowest BCUT2D eigenvalue weighted by Crippen LogP contribution is -2.10. The maximum Gasteiger partial charge on any atom is 0.161 e. The standard InChI is InChI=1S/C14H17BrN2O3/c1-4-17-13(10(15)8-16-17)14(18)9-5-6-11(19-2)12(7-9)20-3/h5-8,14,18H,4H2,1-3H3. The molecule has 0 aliphatic carbocycles. The van der Waals surface area contributed by atoms with Crippen LogP contribution in [0.15, 0.2) is 28.9 Å². The molecule has 2 aromatic rings. The highest BCUT2D eigenvalue weighted by atomic mass is 79.9. The summed E-state index contributed by atoms with van der Waals surface area (Å²) >= 11 is 3.42. The van der Waals surface area contributed by atoms with Crippen molar-refractivity contribution in [2.24, 2.45) is 0 Å². The molecule has 1 N–H and O–H groups in total. The molecule has 0 saturated carbocycles. The third kappa shape index (κ3) is 2.66. The van der Waals surface area contributed by atoms with Crippen LogP contribution in [0.4, 0.5) is 0 Å². The highest BCUT2D eigenvalue weighted by molar-refractivity contribution is 9.10. The van der Waals surface area contributed by atoms with Crippen molar-refractivity contribution < 1.29 is 14.6 Å². The molecule has 1 aromatic carbocycles. The van der Waals surface area contributed by atoms with Gasteiger partial charge in [0, 0.05) is 6.54 Å². The minimum absolute atomic E-state index is 0.586. The number of aryl methyl sites for hydroxylation is 1. The van der Waals surface area contributed by atoms with Gasteiger partial charge in [0.2, 0.25) is 0 Å². The summed E-state index contributed by atoms with van der Waals surface area (Å²) < 4.78 is 13.0. The number of benzene rings is 1. The van der Waals surface area contributed by atoms with Crippen LogP contribution in [0.5, 0.6) is 11.5 Å². The molecule has 0 radical (unpaired) electrons. The lowest BCUT2D eigenvalue weighted by molar-refractivity contribution is 0.206. The summed E-state index contributed by atoms with van der Waals surface area (Å²) in [6, 6.07) is 5.35. The normalized spacial score (nSPS) is 12.2. The highest BCUT2D eigenvalue weighted by Crippen LogP contribution is 2.34. The number of hydrogen-bond donors (Lipinski definition) is 1. The van der Waals surface area contributed by atoms with Gasteiger partial charge in [-0.2, -0.15) is 5.10 Å². The Balaban J connectivity index is 2.42. The Morgan fingerprint density at radius 2 is 2.00 bits per heavy atom. The summed E-state index contributed by atoms with van der Waals surface area (Å²) in [5.74, 6) is 1.22. The molecule has 1 aromatic heterocycles. The van der Waals surface area contributed by atoms with Crippen molar-refractivity contribution in [3.05, 3.63) is 40.1 Å². The second-order valence-corrected chi connectivity index (χ2v) is 5.06. The van der Waals surface area contributed by atoms with E-state index in [1.54, 1.807) is 37.2 Å².